The number of nitrogens with two attached hydrogens (primary N) is 1. The molecule has 1 aromatic rings. The Morgan fingerprint density at radius 3 is 2.43 bits per heavy atom. The fourth-order valence-electron chi connectivity index (χ4n) is 2.63. The minimum absolute atomic E-state index is 0.197. The fraction of sp³-hybridized carbons (Fsp3) is 0.571. The third-order valence-electron chi connectivity index (χ3n) is 3.98. The number of sulfonamides is 1. The highest BCUT2D eigenvalue weighted by Gasteiger charge is 2.27. The first-order chi connectivity index (χ1) is 9.85. The summed E-state index contributed by atoms with van der Waals surface area (Å²) in [6.07, 6.45) is 3.33. The lowest BCUT2D eigenvalue weighted by Crippen LogP contribution is -2.37. The summed E-state index contributed by atoms with van der Waals surface area (Å²) in [7, 11) is -4.00. The van der Waals surface area contributed by atoms with Crippen LogP contribution in [-0.2, 0) is 16.6 Å². The van der Waals surface area contributed by atoms with Crippen LogP contribution in [-0.4, -0.2) is 14.5 Å². The Hall–Kier alpha value is -1.05. The van der Waals surface area contributed by atoms with E-state index in [0.29, 0.717) is 5.92 Å². The van der Waals surface area contributed by atoms with Crippen LogP contribution in [0.4, 0.5) is 8.78 Å². The van der Waals surface area contributed by atoms with Crippen LogP contribution in [0.2, 0.25) is 0 Å². The first kappa shape index (κ1) is 16.3. The van der Waals surface area contributed by atoms with Crippen LogP contribution < -0.4 is 10.5 Å². The first-order valence-corrected chi connectivity index (χ1v) is 8.52. The van der Waals surface area contributed by atoms with E-state index in [1.165, 1.54) is 0 Å². The van der Waals surface area contributed by atoms with E-state index < -0.39 is 32.1 Å². The van der Waals surface area contributed by atoms with Crippen LogP contribution in [0.25, 0.3) is 0 Å². The minimum Gasteiger partial charge on any atom is -0.326 e. The highest BCUT2D eigenvalue weighted by atomic mass is 32.2. The Balaban J connectivity index is 2.24. The zero-order valence-electron chi connectivity index (χ0n) is 11.9. The van der Waals surface area contributed by atoms with Gasteiger partial charge in [0.25, 0.3) is 0 Å². The van der Waals surface area contributed by atoms with Gasteiger partial charge in [0.2, 0.25) is 10.0 Å². The first-order valence-electron chi connectivity index (χ1n) is 7.04. The molecule has 1 aromatic carbocycles. The van der Waals surface area contributed by atoms with Crippen LogP contribution in [0.3, 0.4) is 0 Å². The van der Waals surface area contributed by atoms with Crippen molar-refractivity contribution < 1.29 is 17.2 Å². The van der Waals surface area contributed by atoms with E-state index in [1.807, 2.05) is 0 Å². The molecule has 1 fully saturated rings. The van der Waals surface area contributed by atoms with E-state index in [1.54, 1.807) is 0 Å². The summed E-state index contributed by atoms with van der Waals surface area (Å²) in [5.74, 6) is -1.35. The van der Waals surface area contributed by atoms with Gasteiger partial charge >= 0.3 is 0 Å². The Labute approximate surface area is 123 Å². The van der Waals surface area contributed by atoms with Crippen molar-refractivity contribution >= 4 is 10.0 Å². The van der Waals surface area contributed by atoms with Gasteiger partial charge in [-0.25, -0.2) is 21.9 Å². The molecule has 2 rings (SSSR count). The monoisotopic (exact) mass is 318 g/mol. The summed E-state index contributed by atoms with van der Waals surface area (Å²) in [5.41, 5.74) is 4.86. The molecule has 0 amide bonds. The van der Waals surface area contributed by atoms with Gasteiger partial charge in [-0.1, -0.05) is 6.92 Å². The molecule has 0 aliphatic heterocycles. The average molecular weight is 318 g/mol. The zero-order chi connectivity index (χ0) is 15.6. The molecule has 0 saturated heterocycles. The molecule has 1 saturated carbocycles. The van der Waals surface area contributed by atoms with Crippen LogP contribution in [0.15, 0.2) is 17.0 Å². The van der Waals surface area contributed by atoms with Crippen molar-refractivity contribution in [3.63, 3.8) is 0 Å². The molecular formula is C14H20F2N2O2S. The van der Waals surface area contributed by atoms with Crippen molar-refractivity contribution in [2.75, 3.05) is 0 Å². The Morgan fingerprint density at radius 2 is 1.86 bits per heavy atom. The Morgan fingerprint density at radius 1 is 1.24 bits per heavy atom. The van der Waals surface area contributed by atoms with Gasteiger partial charge in [0.1, 0.15) is 10.7 Å². The number of hydrogen-bond donors (Lipinski definition) is 2. The molecule has 3 N–H and O–H groups in total. The fourth-order valence-corrected chi connectivity index (χ4v) is 4.04. The van der Waals surface area contributed by atoms with Crippen LogP contribution >= 0.6 is 0 Å². The summed E-state index contributed by atoms with van der Waals surface area (Å²) in [6.45, 7) is 1.74. The van der Waals surface area contributed by atoms with Gasteiger partial charge in [0, 0.05) is 18.2 Å². The number of rotatable bonds is 4. The van der Waals surface area contributed by atoms with E-state index in [4.69, 9.17) is 5.73 Å². The van der Waals surface area contributed by atoms with Gasteiger partial charge in [-0.05, 0) is 43.7 Å². The van der Waals surface area contributed by atoms with E-state index in [9.17, 15) is 17.2 Å². The number of benzene rings is 1. The van der Waals surface area contributed by atoms with Gasteiger partial charge in [-0.15, -0.1) is 0 Å². The molecule has 0 bridgehead atoms. The van der Waals surface area contributed by atoms with Crippen molar-refractivity contribution in [1.29, 1.82) is 0 Å². The third kappa shape index (κ3) is 3.59. The maximum Gasteiger partial charge on any atom is 0.243 e. The molecule has 0 unspecified atom stereocenters. The molecule has 0 radical (unpaired) electrons. The molecule has 7 heteroatoms. The van der Waals surface area contributed by atoms with Crippen molar-refractivity contribution in [3.8, 4) is 0 Å². The summed E-state index contributed by atoms with van der Waals surface area (Å²) in [4.78, 5) is -0.539. The topological polar surface area (TPSA) is 72.2 Å². The van der Waals surface area contributed by atoms with Crippen molar-refractivity contribution in [1.82, 2.24) is 4.72 Å². The van der Waals surface area contributed by atoms with Gasteiger partial charge < -0.3 is 5.73 Å². The summed E-state index contributed by atoms with van der Waals surface area (Å²) < 4.78 is 54.5. The largest absolute Gasteiger partial charge is 0.326 e. The highest BCUT2D eigenvalue weighted by molar-refractivity contribution is 7.89. The van der Waals surface area contributed by atoms with E-state index in [0.717, 1.165) is 37.8 Å². The molecule has 1 aliphatic carbocycles. The molecule has 21 heavy (non-hydrogen) atoms. The third-order valence-corrected chi connectivity index (χ3v) is 5.52. The summed E-state index contributed by atoms with van der Waals surface area (Å²) in [6, 6.07) is 1.68. The van der Waals surface area contributed by atoms with Crippen molar-refractivity contribution in [2.24, 2.45) is 11.7 Å². The summed E-state index contributed by atoms with van der Waals surface area (Å²) >= 11 is 0. The lowest BCUT2D eigenvalue weighted by Gasteiger charge is -2.26. The van der Waals surface area contributed by atoms with Crippen LogP contribution in [0, 0.1) is 17.6 Å². The predicted octanol–water partition coefficient (Wildman–Crippen LogP) is 2.28. The summed E-state index contributed by atoms with van der Waals surface area (Å²) in [5, 5.41) is 0. The van der Waals surface area contributed by atoms with Crippen molar-refractivity contribution in [3.05, 3.63) is 29.3 Å². The minimum atomic E-state index is -4.00. The Bertz CT molecular complexity index is 612. The van der Waals surface area contributed by atoms with Gasteiger partial charge in [-0.2, -0.15) is 0 Å². The molecular weight excluding hydrogens is 298 g/mol. The molecule has 1 aliphatic rings. The molecule has 4 nitrogen and oxygen atoms in total. The normalized spacial score (nSPS) is 23.2. The number of halogens is 2. The average Bonchev–Trinajstić information content (AvgIpc) is 2.41. The second-order valence-corrected chi connectivity index (χ2v) is 7.30. The molecule has 0 spiro atoms. The van der Waals surface area contributed by atoms with Crippen LogP contribution in [0.1, 0.15) is 38.2 Å². The SMILES string of the molecule is CC1CCC(NS(=O)(=O)c2ccc(F)c(CN)c2F)CC1. The lowest BCUT2D eigenvalue weighted by molar-refractivity contribution is 0.331. The van der Waals surface area contributed by atoms with Crippen molar-refractivity contribution in [2.45, 2.75) is 50.1 Å². The smallest absolute Gasteiger partial charge is 0.243 e. The number of nitrogens with one attached hydrogen (secondary N) is 1. The lowest BCUT2D eigenvalue weighted by atomic mass is 9.88. The molecule has 118 valence electrons. The van der Waals surface area contributed by atoms with Crippen LogP contribution in [0.5, 0.6) is 0 Å². The zero-order valence-corrected chi connectivity index (χ0v) is 12.7. The van der Waals surface area contributed by atoms with E-state index in [-0.39, 0.29) is 12.6 Å². The quantitative estimate of drug-likeness (QED) is 0.894. The van der Waals surface area contributed by atoms with Gasteiger partial charge in [0.05, 0.1) is 0 Å². The Kier molecular flexibility index (Phi) is 4.95. The molecule has 0 atom stereocenters. The van der Waals surface area contributed by atoms with Gasteiger partial charge in [0.15, 0.2) is 5.82 Å². The predicted molar refractivity (Wildman–Crippen MR) is 76.0 cm³/mol. The standard InChI is InChI=1S/C14H20F2N2O2S/c1-9-2-4-10(5-3-9)18-21(19,20)13-7-6-12(15)11(8-17)14(13)16/h6-7,9-10,18H,2-5,8,17H2,1H3. The van der Waals surface area contributed by atoms with E-state index in [2.05, 4.69) is 11.6 Å². The maximum absolute atomic E-state index is 14.1. The van der Waals surface area contributed by atoms with E-state index >= 15 is 0 Å². The second kappa shape index (κ2) is 6.37. The van der Waals surface area contributed by atoms with Gasteiger partial charge in [-0.3, -0.25) is 0 Å². The molecule has 0 aromatic heterocycles. The number of hydrogen-bond acceptors (Lipinski definition) is 3. The maximum atomic E-state index is 14.1. The second-order valence-electron chi connectivity index (χ2n) is 5.62. The highest BCUT2D eigenvalue weighted by Crippen LogP contribution is 2.26. The molecule has 0 heterocycles.